The molecule has 3 aliphatic rings. The summed E-state index contributed by atoms with van der Waals surface area (Å²) in [6.45, 7) is 6.19. The summed E-state index contributed by atoms with van der Waals surface area (Å²) in [7, 11) is 1.70. The maximum atomic E-state index is 14.1. The number of carbonyl (C=O) groups excluding carboxylic acids is 1. The van der Waals surface area contributed by atoms with E-state index in [1.165, 1.54) is 0 Å². The predicted molar refractivity (Wildman–Crippen MR) is 148 cm³/mol. The van der Waals surface area contributed by atoms with Crippen LogP contribution in [0.5, 0.6) is 5.75 Å². The Bertz CT molecular complexity index is 1340. The normalized spacial score (nSPS) is 22.4. The third-order valence-electron chi connectivity index (χ3n) is 9.22. The minimum atomic E-state index is -2.55. The first-order valence-electron chi connectivity index (χ1n) is 14.1. The van der Waals surface area contributed by atoms with E-state index < -0.39 is 5.92 Å². The summed E-state index contributed by atoms with van der Waals surface area (Å²) in [6, 6.07) is 11.9. The molecule has 2 saturated heterocycles. The van der Waals surface area contributed by atoms with Crippen molar-refractivity contribution >= 4 is 16.8 Å². The van der Waals surface area contributed by atoms with Crippen molar-refractivity contribution in [2.75, 3.05) is 33.3 Å². The van der Waals surface area contributed by atoms with Gasteiger partial charge in [0.15, 0.2) is 0 Å². The van der Waals surface area contributed by atoms with Gasteiger partial charge in [-0.15, -0.1) is 0 Å². The Morgan fingerprint density at radius 1 is 1.18 bits per heavy atom. The number of likely N-dealkylation sites (tertiary alicyclic amines) is 1. The van der Waals surface area contributed by atoms with E-state index in [9.17, 15) is 13.6 Å². The number of ether oxygens (including phenoxy) is 1. The fourth-order valence-corrected chi connectivity index (χ4v) is 6.95. The zero-order valence-electron chi connectivity index (χ0n) is 22.8. The summed E-state index contributed by atoms with van der Waals surface area (Å²) < 4.78 is 33.9. The molecule has 0 bridgehead atoms. The molecule has 39 heavy (non-hydrogen) atoms. The Morgan fingerprint density at radius 2 is 1.95 bits per heavy atom. The summed E-state index contributed by atoms with van der Waals surface area (Å²) in [6.07, 6.45) is 4.33. The van der Waals surface area contributed by atoms with Crippen LogP contribution in [0, 0.1) is 18.3 Å². The predicted octanol–water partition coefficient (Wildman–Crippen LogP) is 5.58. The molecule has 1 saturated carbocycles. The molecule has 2 aliphatic heterocycles. The van der Waals surface area contributed by atoms with Gasteiger partial charge in [0.2, 0.25) is 5.92 Å². The number of H-pyrrole nitrogens is 1. The number of alkyl halides is 2. The van der Waals surface area contributed by atoms with Crippen molar-refractivity contribution in [3.63, 3.8) is 0 Å². The fraction of sp³-hybridized carbons (Fsp3) is 0.516. The average Bonchev–Trinajstić information content (AvgIpc) is 3.37. The number of methoxy groups -OCH3 is 1. The van der Waals surface area contributed by atoms with Crippen LogP contribution in [0.15, 0.2) is 42.6 Å². The van der Waals surface area contributed by atoms with Gasteiger partial charge in [-0.25, -0.2) is 8.78 Å². The Hall–Kier alpha value is -2.97. The van der Waals surface area contributed by atoms with E-state index in [1.54, 1.807) is 7.11 Å². The number of benzene rings is 2. The molecule has 1 aromatic heterocycles. The van der Waals surface area contributed by atoms with Crippen LogP contribution in [-0.2, 0) is 6.54 Å². The van der Waals surface area contributed by atoms with E-state index in [-0.39, 0.29) is 30.2 Å². The maximum Gasteiger partial charge on any atom is 0.251 e. The van der Waals surface area contributed by atoms with Crippen LogP contribution in [0.25, 0.3) is 10.9 Å². The molecule has 1 unspecified atom stereocenters. The van der Waals surface area contributed by atoms with E-state index >= 15 is 0 Å². The zero-order valence-corrected chi connectivity index (χ0v) is 22.8. The van der Waals surface area contributed by atoms with Gasteiger partial charge in [-0.1, -0.05) is 12.1 Å². The van der Waals surface area contributed by atoms with E-state index in [0.29, 0.717) is 31.0 Å². The van der Waals surface area contributed by atoms with Gasteiger partial charge in [0, 0.05) is 60.2 Å². The molecule has 0 radical (unpaired) electrons. The van der Waals surface area contributed by atoms with Crippen LogP contribution in [-0.4, -0.2) is 55.0 Å². The molecular formula is C31H38F2N4O2. The highest BCUT2D eigenvalue weighted by molar-refractivity contribution is 5.94. The van der Waals surface area contributed by atoms with Crippen molar-refractivity contribution in [3.8, 4) is 5.75 Å². The summed E-state index contributed by atoms with van der Waals surface area (Å²) in [5, 5.41) is 7.42. The molecule has 6 nitrogen and oxygen atoms in total. The van der Waals surface area contributed by atoms with Gasteiger partial charge in [0.1, 0.15) is 5.75 Å². The van der Waals surface area contributed by atoms with Crippen molar-refractivity contribution in [2.24, 2.45) is 11.3 Å². The summed E-state index contributed by atoms with van der Waals surface area (Å²) in [5.74, 6) is -1.13. The number of nitrogens with one attached hydrogen (secondary N) is 3. The van der Waals surface area contributed by atoms with Crippen LogP contribution in [0.1, 0.15) is 65.2 Å². The molecule has 8 heteroatoms. The Morgan fingerprint density at radius 3 is 2.62 bits per heavy atom. The number of aryl methyl sites for hydroxylation is 1. The standard InChI is InChI=1S/C31H38F2N4O2/c1-20-13-27(39-2)25(24-8-11-35-28(20)24)17-37-12-9-30(18-31(32,33)19-30)14-26(37)22-3-5-23(6-4-22)29(38)36-10-7-21-15-34-16-21/h3-6,8,11,13,21,26,34-35H,7,9-10,12,14-19H2,1-2H3,(H,36,38). The van der Waals surface area contributed by atoms with Crippen molar-refractivity contribution in [3.05, 3.63) is 64.8 Å². The number of amides is 1. The largest absolute Gasteiger partial charge is 0.496 e. The quantitative estimate of drug-likeness (QED) is 0.352. The minimum absolute atomic E-state index is 0.0157. The van der Waals surface area contributed by atoms with Gasteiger partial charge >= 0.3 is 0 Å². The van der Waals surface area contributed by atoms with Gasteiger partial charge in [-0.05, 0) is 92.5 Å². The SMILES string of the molecule is COc1cc(C)c2[nH]ccc2c1CN1CCC2(CC1c1ccc(C(=O)NCCC3CNC3)cc1)CC(F)(F)C2. The molecular weight excluding hydrogens is 498 g/mol. The Balaban J connectivity index is 1.24. The first-order valence-corrected chi connectivity index (χ1v) is 14.1. The van der Waals surface area contributed by atoms with Crippen LogP contribution in [0.4, 0.5) is 8.78 Å². The number of aromatic amines is 1. The number of rotatable bonds is 8. The minimum Gasteiger partial charge on any atom is -0.496 e. The van der Waals surface area contributed by atoms with Crippen LogP contribution in [0.3, 0.4) is 0 Å². The second-order valence-electron chi connectivity index (χ2n) is 12.0. The monoisotopic (exact) mass is 536 g/mol. The smallest absolute Gasteiger partial charge is 0.251 e. The summed E-state index contributed by atoms with van der Waals surface area (Å²) >= 11 is 0. The number of nitrogens with zero attached hydrogens (tertiary/aromatic N) is 1. The Labute approximate surface area is 228 Å². The van der Waals surface area contributed by atoms with E-state index in [0.717, 1.165) is 65.8 Å². The zero-order chi connectivity index (χ0) is 27.2. The molecule has 3 heterocycles. The lowest BCUT2D eigenvalue weighted by molar-refractivity contribution is -0.186. The molecule has 6 rings (SSSR count). The van der Waals surface area contributed by atoms with Crippen molar-refractivity contribution in [1.82, 2.24) is 20.5 Å². The molecule has 3 fully saturated rings. The van der Waals surface area contributed by atoms with Crippen molar-refractivity contribution < 1.29 is 18.3 Å². The highest BCUT2D eigenvalue weighted by Crippen LogP contribution is 2.60. The van der Waals surface area contributed by atoms with Crippen molar-refractivity contribution in [2.45, 2.75) is 57.5 Å². The number of halogens is 2. The van der Waals surface area contributed by atoms with Gasteiger partial charge in [0.05, 0.1) is 7.11 Å². The molecule has 3 N–H and O–H groups in total. The number of aromatic nitrogens is 1. The highest BCUT2D eigenvalue weighted by atomic mass is 19.3. The topological polar surface area (TPSA) is 69.4 Å². The van der Waals surface area contributed by atoms with Gasteiger partial charge < -0.3 is 20.4 Å². The first-order chi connectivity index (χ1) is 18.8. The van der Waals surface area contributed by atoms with Gasteiger partial charge in [-0.3, -0.25) is 9.69 Å². The number of fused-ring (bicyclic) bond motifs is 1. The van der Waals surface area contributed by atoms with Crippen molar-refractivity contribution in [1.29, 1.82) is 0 Å². The van der Waals surface area contributed by atoms with E-state index in [2.05, 4.69) is 39.6 Å². The molecule has 2 aromatic carbocycles. The molecule has 1 spiro atoms. The summed E-state index contributed by atoms with van der Waals surface area (Å²) in [5.41, 5.74) is 4.71. The fourth-order valence-electron chi connectivity index (χ4n) is 6.95. The number of carbonyl (C=O) groups is 1. The molecule has 208 valence electrons. The lowest BCUT2D eigenvalue weighted by Gasteiger charge is -2.54. The second kappa shape index (κ2) is 10.2. The van der Waals surface area contributed by atoms with Crippen LogP contribution < -0.4 is 15.4 Å². The van der Waals surface area contributed by atoms with Crippen LogP contribution >= 0.6 is 0 Å². The van der Waals surface area contributed by atoms with E-state index in [4.69, 9.17) is 4.74 Å². The third kappa shape index (κ3) is 5.16. The second-order valence-corrected chi connectivity index (χ2v) is 12.0. The highest BCUT2D eigenvalue weighted by Gasteiger charge is 2.58. The van der Waals surface area contributed by atoms with Gasteiger partial charge in [0.25, 0.3) is 5.91 Å². The number of piperidine rings is 1. The lowest BCUT2D eigenvalue weighted by atomic mass is 9.59. The van der Waals surface area contributed by atoms with E-state index in [1.807, 2.05) is 30.5 Å². The Kier molecular flexibility index (Phi) is 6.88. The number of hydrogen-bond acceptors (Lipinski definition) is 4. The first kappa shape index (κ1) is 26.3. The maximum absolute atomic E-state index is 14.1. The van der Waals surface area contributed by atoms with Gasteiger partial charge in [-0.2, -0.15) is 0 Å². The number of hydrogen-bond donors (Lipinski definition) is 3. The third-order valence-corrected chi connectivity index (χ3v) is 9.22. The van der Waals surface area contributed by atoms with Crippen LogP contribution in [0.2, 0.25) is 0 Å². The lowest BCUT2D eigenvalue weighted by Crippen LogP contribution is -2.53. The average molecular weight is 537 g/mol. The molecule has 1 aliphatic carbocycles. The summed E-state index contributed by atoms with van der Waals surface area (Å²) in [4.78, 5) is 18.5. The molecule has 1 amide bonds. The molecule has 3 aromatic rings. The molecule has 1 atom stereocenters.